The number of benzene rings is 4. The molecule has 0 heterocycles. The van der Waals surface area contributed by atoms with Gasteiger partial charge >= 0.3 is 99.2 Å². The van der Waals surface area contributed by atoms with Gasteiger partial charge in [0.2, 0.25) is 0 Å². The van der Waals surface area contributed by atoms with E-state index in [1.54, 1.807) is 10.4 Å². The molecule has 0 aliphatic heterocycles. The average molecular weight is 815 g/mol. The van der Waals surface area contributed by atoms with E-state index in [0.717, 1.165) is 6.42 Å². The molecular weight excluding hydrogens is 759 g/mol. The molecule has 5 aromatic carbocycles. The van der Waals surface area contributed by atoms with Crippen LogP contribution in [0.2, 0.25) is 39.3 Å². The van der Waals surface area contributed by atoms with Gasteiger partial charge in [-0.1, -0.05) is 116 Å². The Morgan fingerprint density at radius 3 is 1.30 bits per heavy atom. The summed E-state index contributed by atoms with van der Waals surface area (Å²) in [5, 5.41) is 8.71. The van der Waals surface area contributed by atoms with Crippen LogP contribution in [0.1, 0.15) is 70.2 Å². The molecule has 5 heteroatoms. The van der Waals surface area contributed by atoms with Crippen LogP contribution in [0.25, 0.3) is 21.5 Å². The molecule has 50 heavy (non-hydrogen) atoms. The fraction of sp³-hybridized carbons (Fsp3) is 0.333. The first kappa shape index (κ1) is 44.2. The summed E-state index contributed by atoms with van der Waals surface area (Å²) in [4.78, 5) is 0. The molecule has 264 valence electrons. The Labute approximate surface area is 333 Å². The molecule has 0 saturated carbocycles. The summed E-state index contributed by atoms with van der Waals surface area (Å²) in [5.41, 5.74) is 5.87. The van der Waals surface area contributed by atoms with Crippen LogP contribution in [0.15, 0.2) is 120 Å². The van der Waals surface area contributed by atoms with E-state index >= 15 is 0 Å². The third kappa shape index (κ3) is 11.8. The van der Waals surface area contributed by atoms with Gasteiger partial charge in [0.1, 0.15) is 0 Å². The van der Waals surface area contributed by atoms with Crippen molar-refractivity contribution in [2.24, 2.45) is 0 Å². The van der Waals surface area contributed by atoms with Gasteiger partial charge in [-0.05, 0) is 10.8 Å². The molecule has 0 radical (unpaired) electrons. The van der Waals surface area contributed by atoms with Crippen LogP contribution in [0, 0.1) is 6.08 Å². The first-order valence-electron chi connectivity index (χ1n) is 17.4. The van der Waals surface area contributed by atoms with Gasteiger partial charge in [0.25, 0.3) is 0 Å². The second-order valence-corrected chi connectivity index (χ2v) is 28.7. The third-order valence-corrected chi connectivity index (χ3v) is 14.7. The minimum atomic E-state index is -1.09. The number of hydrogen-bond acceptors (Lipinski definition) is 0. The van der Waals surface area contributed by atoms with E-state index in [0.29, 0.717) is 0 Å². The quantitative estimate of drug-likeness (QED) is 0.137. The summed E-state index contributed by atoms with van der Waals surface area (Å²) in [6.45, 7) is 28.1. The molecule has 5 aromatic rings. The molecule has 0 aromatic heterocycles. The van der Waals surface area contributed by atoms with Crippen LogP contribution in [0.3, 0.4) is 0 Å². The molecular formula is C45H56Cl2Si2Zr-2. The van der Waals surface area contributed by atoms with Crippen LogP contribution in [-0.4, -0.2) is 19.4 Å². The fourth-order valence-electron chi connectivity index (χ4n) is 5.76. The van der Waals surface area contributed by atoms with Gasteiger partial charge in [-0.15, -0.1) is 46.2 Å². The van der Waals surface area contributed by atoms with E-state index < -0.39 is 16.1 Å². The Morgan fingerprint density at radius 1 is 0.600 bits per heavy atom. The first-order chi connectivity index (χ1) is 22.2. The maximum absolute atomic E-state index is 3.57. The van der Waals surface area contributed by atoms with Gasteiger partial charge in [-0.3, -0.25) is 6.08 Å². The minimum absolute atomic E-state index is 0. The summed E-state index contributed by atoms with van der Waals surface area (Å²) in [6, 6.07) is 37.3. The van der Waals surface area contributed by atoms with Crippen LogP contribution in [-0.2, 0) is 35.1 Å². The fourth-order valence-corrected chi connectivity index (χ4v) is 9.15. The maximum atomic E-state index is 3.57. The molecule has 6 rings (SSSR count). The standard InChI is InChI=1S/C21H25.C13H10.C11H21Si2.2ClH.Zr/c1-20(2,3)16-7-9-18-14(12-16)11-15-13-17(21(4,5)6)8-10-19(15)18;1-3-7-12(8-4-1)11-13-9-5-2-6-10-13;1-12(2,3)10-7-8-11(9-10)13(4,5)6;;;/h7-13H,1-6H3;1-10H;9H,7H2,1-6H3;2*1H;/q-1;;-1;;;+2/p-2. The van der Waals surface area contributed by atoms with E-state index in [1.807, 2.05) is 0 Å². The van der Waals surface area contributed by atoms with Crippen LogP contribution >= 0.6 is 0 Å². The zero-order chi connectivity index (χ0) is 35.5. The van der Waals surface area contributed by atoms with Crippen molar-refractivity contribution in [2.75, 3.05) is 0 Å². The van der Waals surface area contributed by atoms with Crippen molar-refractivity contribution >= 4 is 40.9 Å². The van der Waals surface area contributed by atoms with Crippen molar-refractivity contribution in [3.05, 3.63) is 148 Å². The van der Waals surface area contributed by atoms with Crippen molar-refractivity contribution in [2.45, 2.75) is 98.1 Å². The number of fused-ring (bicyclic) bond motifs is 3. The Kier molecular flexibility index (Phi) is 15.6. The van der Waals surface area contributed by atoms with Gasteiger partial charge in [-0.25, -0.2) is 11.3 Å². The van der Waals surface area contributed by atoms with Crippen LogP contribution in [0.5, 0.6) is 0 Å². The van der Waals surface area contributed by atoms with Crippen molar-refractivity contribution in [1.82, 2.24) is 0 Å². The molecule has 0 bridgehead atoms. The molecule has 0 nitrogen and oxygen atoms in total. The Morgan fingerprint density at radius 2 is 1.00 bits per heavy atom. The molecule has 1 aliphatic rings. The molecule has 0 saturated heterocycles. The number of rotatable bonds is 4. The Bertz CT molecular complexity index is 1810. The SMILES string of the molecule is CC(C)(C)c1ccc2c(c1)[cH-]c1cc(C(C)(C)C)ccc12.C[Si](C)(C)C1=[C-]CC([Si](C)(C)C)=C1.[Cl-].[Cl-].[Zr+2]=[C](c1ccccc1)c1ccccc1. The van der Waals surface area contributed by atoms with Gasteiger partial charge < -0.3 is 24.8 Å². The summed E-state index contributed by atoms with van der Waals surface area (Å²) < 4.78 is 1.42. The molecule has 0 atom stereocenters. The third-order valence-electron chi connectivity index (χ3n) is 9.12. The van der Waals surface area contributed by atoms with Crippen molar-refractivity contribution < 1.29 is 49.0 Å². The zero-order valence-corrected chi connectivity index (χ0v) is 38.3. The Balaban J connectivity index is 0.000000265. The average Bonchev–Trinajstić information content (AvgIpc) is 3.67. The molecule has 0 N–H and O–H groups in total. The summed E-state index contributed by atoms with van der Waals surface area (Å²) in [6.07, 6.45) is 7.15. The zero-order valence-electron chi connectivity index (χ0n) is 32.4. The second-order valence-electron chi connectivity index (χ2n) is 17.3. The van der Waals surface area contributed by atoms with E-state index in [-0.39, 0.29) is 35.6 Å². The van der Waals surface area contributed by atoms with Crippen molar-refractivity contribution in [3.8, 4) is 0 Å². The monoisotopic (exact) mass is 812 g/mol. The number of allylic oxidation sites excluding steroid dienone is 4. The molecule has 0 amide bonds. The Hall–Kier alpha value is -2.00. The predicted molar refractivity (Wildman–Crippen MR) is 217 cm³/mol. The number of halogens is 2. The summed E-state index contributed by atoms with van der Waals surface area (Å²) >= 11 is 1.46. The topological polar surface area (TPSA) is 0 Å². The van der Waals surface area contributed by atoms with E-state index in [1.165, 1.54) is 71.2 Å². The number of hydrogen-bond donors (Lipinski definition) is 0. The van der Waals surface area contributed by atoms with Crippen LogP contribution in [0.4, 0.5) is 0 Å². The summed E-state index contributed by atoms with van der Waals surface area (Å²) in [5.74, 6) is 0. The van der Waals surface area contributed by atoms with Crippen molar-refractivity contribution in [1.29, 1.82) is 0 Å². The normalized spacial score (nSPS) is 13.2. The molecule has 1 aliphatic carbocycles. The summed E-state index contributed by atoms with van der Waals surface area (Å²) in [7, 11) is -2.14. The molecule has 0 spiro atoms. The van der Waals surface area contributed by atoms with E-state index in [2.05, 4.69) is 196 Å². The van der Waals surface area contributed by atoms with Gasteiger partial charge in [0.05, 0.1) is 8.07 Å². The van der Waals surface area contributed by atoms with Gasteiger partial charge in [-0.2, -0.15) is 5.20 Å². The molecule has 0 fully saturated rings. The van der Waals surface area contributed by atoms with Crippen molar-refractivity contribution in [3.63, 3.8) is 0 Å². The first-order valence-corrected chi connectivity index (χ1v) is 25.6. The predicted octanol–water partition coefficient (Wildman–Crippen LogP) is 6.92. The van der Waals surface area contributed by atoms with Gasteiger partial charge in [0.15, 0.2) is 0 Å². The second kappa shape index (κ2) is 17.7. The van der Waals surface area contributed by atoms with E-state index in [9.17, 15) is 0 Å². The van der Waals surface area contributed by atoms with E-state index in [4.69, 9.17) is 0 Å². The van der Waals surface area contributed by atoms with Crippen LogP contribution < -0.4 is 24.8 Å². The molecule has 0 unspecified atom stereocenters. The van der Waals surface area contributed by atoms with Gasteiger partial charge in [0, 0.05) is 8.07 Å².